The predicted molar refractivity (Wildman–Crippen MR) is 74.8 cm³/mol. The van der Waals surface area contributed by atoms with Crippen molar-refractivity contribution in [1.29, 1.82) is 0 Å². The lowest BCUT2D eigenvalue weighted by Crippen LogP contribution is -2.13. The van der Waals surface area contributed by atoms with E-state index in [0.29, 0.717) is 6.29 Å². The second-order valence-electron chi connectivity index (χ2n) is 3.98. The minimum Gasteiger partial charge on any atom is -0.493 e. The monoisotopic (exact) mass is 308 g/mol. The quantitative estimate of drug-likeness (QED) is 0.492. The molecule has 2 aromatic rings. The van der Waals surface area contributed by atoms with Crippen LogP contribution in [0.5, 0.6) is 11.5 Å². The molecule has 0 N–H and O–H groups in total. The first kappa shape index (κ1) is 15.0. The summed E-state index contributed by atoms with van der Waals surface area (Å²) in [6.45, 7) is 0. The van der Waals surface area contributed by atoms with Gasteiger partial charge in [0.15, 0.2) is 17.8 Å². The maximum Gasteiger partial charge on any atom is 0.348 e. The molecule has 0 spiro atoms. The van der Waals surface area contributed by atoms with Gasteiger partial charge in [-0.2, -0.15) is 0 Å². The molecular weight excluding hydrogens is 299 g/mol. The third-order valence-electron chi connectivity index (χ3n) is 2.72. The van der Waals surface area contributed by atoms with Gasteiger partial charge in [-0.1, -0.05) is 23.7 Å². The van der Waals surface area contributed by atoms with E-state index in [1.807, 2.05) is 0 Å². The number of halogens is 2. The third-order valence-corrected chi connectivity index (χ3v) is 3.03. The number of carbonyl (C=O) groups is 2. The summed E-state index contributed by atoms with van der Waals surface area (Å²) in [5.41, 5.74) is -0.294. The molecule has 0 aliphatic heterocycles. The summed E-state index contributed by atoms with van der Waals surface area (Å²) in [6, 6.07) is 8.35. The number of hydrogen-bond acceptors (Lipinski definition) is 4. The normalized spacial score (nSPS) is 10.0. The van der Waals surface area contributed by atoms with Crippen LogP contribution in [0.15, 0.2) is 36.4 Å². The van der Waals surface area contributed by atoms with Gasteiger partial charge >= 0.3 is 5.97 Å². The summed E-state index contributed by atoms with van der Waals surface area (Å²) in [5.74, 6) is -1.72. The number of esters is 1. The van der Waals surface area contributed by atoms with Crippen LogP contribution < -0.4 is 9.47 Å². The molecule has 0 heterocycles. The van der Waals surface area contributed by atoms with E-state index in [4.69, 9.17) is 21.1 Å². The first-order valence-corrected chi connectivity index (χ1v) is 6.24. The zero-order valence-electron chi connectivity index (χ0n) is 10.9. The average Bonchev–Trinajstić information content (AvgIpc) is 2.47. The maximum atomic E-state index is 13.7. The third kappa shape index (κ3) is 3.03. The number of ether oxygens (including phenoxy) is 2. The second kappa shape index (κ2) is 6.37. The van der Waals surface area contributed by atoms with Crippen molar-refractivity contribution < 1.29 is 23.5 Å². The van der Waals surface area contributed by atoms with Crippen molar-refractivity contribution >= 4 is 23.9 Å². The van der Waals surface area contributed by atoms with Crippen molar-refractivity contribution in [1.82, 2.24) is 0 Å². The van der Waals surface area contributed by atoms with Gasteiger partial charge in [0.1, 0.15) is 11.4 Å². The summed E-state index contributed by atoms with van der Waals surface area (Å²) >= 11 is 5.80. The first-order chi connectivity index (χ1) is 10.1. The molecule has 0 bridgehead atoms. The molecule has 6 heteroatoms. The van der Waals surface area contributed by atoms with Gasteiger partial charge in [-0.3, -0.25) is 4.79 Å². The number of methoxy groups -OCH3 is 1. The highest BCUT2D eigenvalue weighted by Crippen LogP contribution is 2.31. The summed E-state index contributed by atoms with van der Waals surface area (Å²) in [4.78, 5) is 23.1. The molecular formula is C15H10ClFO4. The molecule has 0 amide bonds. The molecule has 2 aromatic carbocycles. The Balaban J connectivity index is 2.43. The van der Waals surface area contributed by atoms with Crippen molar-refractivity contribution in [2.75, 3.05) is 7.11 Å². The fourth-order valence-corrected chi connectivity index (χ4v) is 1.97. The summed E-state index contributed by atoms with van der Waals surface area (Å²) in [6.07, 6.45) is 0.508. The van der Waals surface area contributed by atoms with Crippen molar-refractivity contribution in [2.24, 2.45) is 0 Å². The van der Waals surface area contributed by atoms with Crippen LogP contribution in [0.2, 0.25) is 5.02 Å². The van der Waals surface area contributed by atoms with Gasteiger partial charge < -0.3 is 9.47 Å². The van der Waals surface area contributed by atoms with Gasteiger partial charge in [-0.25, -0.2) is 9.18 Å². The Morgan fingerprint density at radius 1 is 1.24 bits per heavy atom. The number of rotatable bonds is 4. The highest BCUT2D eigenvalue weighted by Gasteiger charge is 2.21. The largest absolute Gasteiger partial charge is 0.493 e. The van der Waals surface area contributed by atoms with E-state index < -0.39 is 17.3 Å². The number of aldehydes is 1. The number of benzene rings is 2. The lowest BCUT2D eigenvalue weighted by Gasteiger charge is -2.11. The van der Waals surface area contributed by atoms with Crippen LogP contribution in [0.3, 0.4) is 0 Å². The Labute approximate surface area is 125 Å². The van der Waals surface area contributed by atoms with E-state index in [1.54, 1.807) is 6.07 Å². The van der Waals surface area contributed by atoms with Gasteiger partial charge in [0.2, 0.25) is 0 Å². The van der Waals surface area contributed by atoms with E-state index in [2.05, 4.69) is 0 Å². The van der Waals surface area contributed by atoms with Crippen LogP contribution in [0.4, 0.5) is 4.39 Å². The molecule has 108 valence electrons. The van der Waals surface area contributed by atoms with Gasteiger partial charge in [0, 0.05) is 0 Å². The zero-order chi connectivity index (χ0) is 15.4. The Kier molecular flexibility index (Phi) is 4.55. The fourth-order valence-electron chi connectivity index (χ4n) is 1.73. The Bertz CT molecular complexity index is 680. The van der Waals surface area contributed by atoms with Crippen LogP contribution in [-0.2, 0) is 0 Å². The number of carbonyl (C=O) groups excluding carboxylic acids is 2. The molecule has 2 rings (SSSR count). The molecule has 0 aliphatic rings. The molecule has 4 nitrogen and oxygen atoms in total. The minimum atomic E-state index is -1.01. The van der Waals surface area contributed by atoms with Crippen LogP contribution in [-0.4, -0.2) is 19.4 Å². The lowest BCUT2D eigenvalue weighted by atomic mass is 10.2. The predicted octanol–water partition coefficient (Wildman–Crippen LogP) is 3.52. The number of para-hydroxylation sites is 1. The maximum absolute atomic E-state index is 13.7. The molecule has 0 aliphatic carbocycles. The lowest BCUT2D eigenvalue weighted by molar-refractivity contribution is 0.0724. The summed E-state index contributed by atoms with van der Waals surface area (Å²) in [5, 5.41) is -0.0810. The van der Waals surface area contributed by atoms with E-state index in [9.17, 15) is 14.0 Å². The minimum absolute atomic E-state index is 0.0810. The molecule has 0 fully saturated rings. The van der Waals surface area contributed by atoms with Crippen molar-refractivity contribution in [3.8, 4) is 11.5 Å². The highest BCUT2D eigenvalue weighted by atomic mass is 35.5. The first-order valence-electron chi connectivity index (χ1n) is 5.87. The highest BCUT2D eigenvalue weighted by molar-refractivity contribution is 6.33. The van der Waals surface area contributed by atoms with E-state index >= 15 is 0 Å². The standard InChI is InChI=1S/C15H10ClFO4/c1-20-12-7-2-4-9(8-18)14(12)21-15(19)13-10(16)5-3-6-11(13)17/h2-8H,1H3. The van der Waals surface area contributed by atoms with E-state index in [1.165, 1.54) is 31.4 Å². The van der Waals surface area contributed by atoms with Gasteiger partial charge in [-0.05, 0) is 24.3 Å². The summed E-state index contributed by atoms with van der Waals surface area (Å²) < 4.78 is 23.8. The SMILES string of the molecule is COc1cccc(C=O)c1OC(=O)c1c(F)cccc1Cl. The van der Waals surface area contributed by atoms with Gasteiger partial charge in [0.05, 0.1) is 17.7 Å². The molecule has 0 radical (unpaired) electrons. The molecule has 0 aromatic heterocycles. The van der Waals surface area contributed by atoms with Crippen molar-refractivity contribution in [3.63, 3.8) is 0 Å². The smallest absolute Gasteiger partial charge is 0.348 e. The van der Waals surface area contributed by atoms with Crippen LogP contribution in [0.1, 0.15) is 20.7 Å². The second-order valence-corrected chi connectivity index (χ2v) is 4.39. The van der Waals surface area contributed by atoms with Crippen LogP contribution in [0, 0.1) is 5.82 Å². The zero-order valence-corrected chi connectivity index (χ0v) is 11.7. The molecule has 0 atom stereocenters. The van der Waals surface area contributed by atoms with Crippen molar-refractivity contribution in [2.45, 2.75) is 0 Å². The average molecular weight is 309 g/mol. The van der Waals surface area contributed by atoms with E-state index in [0.717, 1.165) is 6.07 Å². The van der Waals surface area contributed by atoms with Gasteiger partial charge in [0.25, 0.3) is 0 Å². The molecule has 0 saturated carbocycles. The van der Waals surface area contributed by atoms with Crippen LogP contribution in [0.25, 0.3) is 0 Å². The molecule has 21 heavy (non-hydrogen) atoms. The molecule has 0 unspecified atom stereocenters. The Morgan fingerprint density at radius 2 is 1.95 bits per heavy atom. The Morgan fingerprint density at radius 3 is 2.57 bits per heavy atom. The fraction of sp³-hybridized carbons (Fsp3) is 0.0667. The van der Waals surface area contributed by atoms with Crippen molar-refractivity contribution in [3.05, 3.63) is 58.4 Å². The molecule has 0 saturated heterocycles. The topological polar surface area (TPSA) is 52.6 Å². The van der Waals surface area contributed by atoms with E-state index in [-0.39, 0.29) is 22.1 Å². The summed E-state index contributed by atoms with van der Waals surface area (Å²) in [7, 11) is 1.36. The van der Waals surface area contributed by atoms with Gasteiger partial charge in [-0.15, -0.1) is 0 Å². The number of hydrogen-bond donors (Lipinski definition) is 0. The van der Waals surface area contributed by atoms with Crippen LogP contribution >= 0.6 is 11.6 Å². The Hall–Kier alpha value is -2.40.